The average molecular weight is 271 g/mol. The van der Waals surface area contributed by atoms with Gasteiger partial charge in [-0.2, -0.15) is 11.3 Å². The molecule has 2 atom stereocenters. The van der Waals surface area contributed by atoms with Crippen molar-refractivity contribution in [3.05, 3.63) is 57.8 Å². The Hall–Kier alpha value is -1.12. The minimum absolute atomic E-state index is 0.518. The molecule has 0 saturated carbocycles. The summed E-state index contributed by atoms with van der Waals surface area (Å²) in [5.41, 5.74) is 4.58. The van der Waals surface area contributed by atoms with Gasteiger partial charge < -0.3 is 5.32 Å². The quantitative estimate of drug-likeness (QED) is 0.878. The molecule has 1 nitrogen and oxygen atoms in total. The number of nitrogens with one attached hydrogen (secondary N) is 1. The number of benzene rings is 1. The van der Waals surface area contributed by atoms with E-state index in [0.717, 1.165) is 12.5 Å². The van der Waals surface area contributed by atoms with Gasteiger partial charge in [0.2, 0.25) is 0 Å². The van der Waals surface area contributed by atoms with Crippen LogP contribution in [0.2, 0.25) is 0 Å². The third-order valence-corrected chi connectivity index (χ3v) is 4.88. The maximum atomic E-state index is 3.69. The minimum atomic E-state index is 0.518. The van der Waals surface area contributed by atoms with Crippen molar-refractivity contribution < 1.29 is 0 Å². The fourth-order valence-corrected chi connectivity index (χ4v) is 3.94. The predicted octanol–water partition coefficient (Wildman–Crippen LogP) is 4.20. The third kappa shape index (κ3) is 2.75. The summed E-state index contributed by atoms with van der Waals surface area (Å²) in [6.45, 7) is 3.24. The molecule has 1 heterocycles. The monoisotopic (exact) mass is 271 g/mol. The highest BCUT2D eigenvalue weighted by Crippen LogP contribution is 2.34. The lowest BCUT2D eigenvalue weighted by molar-refractivity contribution is 0.331. The van der Waals surface area contributed by atoms with Gasteiger partial charge in [0, 0.05) is 6.04 Å². The van der Waals surface area contributed by atoms with Gasteiger partial charge in [0.25, 0.3) is 0 Å². The van der Waals surface area contributed by atoms with Gasteiger partial charge in [-0.15, -0.1) is 0 Å². The first-order chi connectivity index (χ1) is 9.38. The summed E-state index contributed by atoms with van der Waals surface area (Å²) in [5, 5.41) is 8.18. The molecule has 3 rings (SSSR count). The molecule has 1 N–H and O–H groups in total. The molecule has 0 amide bonds. The SMILES string of the molecule is CCNC(c1ccsc1)C1CCc2ccccc2C1. The standard InChI is InChI=1S/C17H21NS/c1-2-18-17(16-9-10-19-12-16)15-8-7-13-5-3-4-6-14(13)11-15/h3-6,9-10,12,15,17-18H,2,7-8,11H2,1H3. The molecule has 1 aromatic carbocycles. The largest absolute Gasteiger partial charge is 0.310 e. The van der Waals surface area contributed by atoms with Crippen molar-refractivity contribution >= 4 is 11.3 Å². The van der Waals surface area contributed by atoms with Crippen molar-refractivity contribution in [2.24, 2.45) is 5.92 Å². The van der Waals surface area contributed by atoms with Crippen LogP contribution >= 0.6 is 11.3 Å². The summed E-state index contributed by atoms with van der Waals surface area (Å²) >= 11 is 1.80. The number of rotatable bonds is 4. The zero-order valence-electron chi connectivity index (χ0n) is 11.4. The molecule has 2 aromatic rings. The molecule has 1 aliphatic rings. The molecule has 0 bridgehead atoms. The second-order valence-corrected chi connectivity index (χ2v) is 6.14. The van der Waals surface area contributed by atoms with Crippen LogP contribution in [-0.2, 0) is 12.8 Å². The maximum absolute atomic E-state index is 3.69. The number of hydrogen-bond donors (Lipinski definition) is 1. The van der Waals surface area contributed by atoms with E-state index in [1.807, 2.05) is 0 Å². The van der Waals surface area contributed by atoms with Crippen molar-refractivity contribution in [2.75, 3.05) is 6.54 Å². The summed E-state index contributed by atoms with van der Waals surface area (Å²) in [7, 11) is 0. The smallest absolute Gasteiger partial charge is 0.0360 e. The summed E-state index contributed by atoms with van der Waals surface area (Å²) in [4.78, 5) is 0. The van der Waals surface area contributed by atoms with Crippen molar-refractivity contribution in [3.8, 4) is 0 Å². The molecule has 0 radical (unpaired) electrons. The Bertz CT molecular complexity index is 518. The van der Waals surface area contributed by atoms with E-state index in [1.165, 1.54) is 24.8 Å². The highest BCUT2D eigenvalue weighted by Gasteiger charge is 2.26. The van der Waals surface area contributed by atoms with E-state index in [9.17, 15) is 0 Å². The normalized spacial score (nSPS) is 19.9. The van der Waals surface area contributed by atoms with Gasteiger partial charge in [-0.25, -0.2) is 0 Å². The van der Waals surface area contributed by atoms with E-state index in [1.54, 1.807) is 22.5 Å². The van der Waals surface area contributed by atoms with E-state index < -0.39 is 0 Å². The number of aryl methyl sites for hydroxylation is 1. The van der Waals surface area contributed by atoms with Crippen LogP contribution in [-0.4, -0.2) is 6.54 Å². The van der Waals surface area contributed by atoms with Gasteiger partial charge in [-0.3, -0.25) is 0 Å². The van der Waals surface area contributed by atoms with Crippen LogP contribution in [0.3, 0.4) is 0 Å². The zero-order valence-corrected chi connectivity index (χ0v) is 12.2. The Labute approximate surface area is 119 Å². The molecule has 1 aliphatic carbocycles. The topological polar surface area (TPSA) is 12.0 Å². The van der Waals surface area contributed by atoms with E-state index in [-0.39, 0.29) is 0 Å². The molecule has 100 valence electrons. The van der Waals surface area contributed by atoms with Gasteiger partial charge >= 0.3 is 0 Å². The van der Waals surface area contributed by atoms with E-state index in [0.29, 0.717) is 6.04 Å². The Kier molecular flexibility index (Phi) is 4.00. The van der Waals surface area contributed by atoms with E-state index in [2.05, 4.69) is 53.3 Å². The van der Waals surface area contributed by atoms with Crippen LogP contribution in [0.1, 0.15) is 36.1 Å². The molecular weight excluding hydrogens is 250 g/mol. The number of thiophene rings is 1. The summed E-state index contributed by atoms with van der Waals surface area (Å²) in [6.07, 6.45) is 3.74. The predicted molar refractivity (Wildman–Crippen MR) is 82.7 cm³/mol. The van der Waals surface area contributed by atoms with Gasteiger partial charge in [-0.05, 0) is 65.2 Å². The summed E-state index contributed by atoms with van der Waals surface area (Å²) < 4.78 is 0. The van der Waals surface area contributed by atoms with Crippen LogP contribution in [0, 0.1) is 5.92 Å². The second-order valence-electron chi connectivity index (χ2n) is 5.36. The maximum Gasteiger partial charge on any atom is 0.0360 e. The van der Waals surface area contributed by atoms with Gasteiger partial charge in [0.1, 0.15) is 0 Å². The van der Waals surface area contributed by atoms with Crippen LogP contribution < -0.4 is 5.32 Å². The molecule has 0 aliphatic heterocycles. The first kappa shape index (κ1) is 12.9. The molecule has 0 fully saturated rings. The number of fused-ring (bicyclic) bond motifs is 1. The van der Waals surface area contributed by atoms with E-state index in [4.69, 9.17) is 0 Å². The lowest BCUT2D eigenvalue weighted by atomic mass is 9.78. The third-order valence-electron chi connectivity index (χ3n) is 4.18. The van der Waals surface area contributed by atoms with E-state index >= 15 is 0 Å². The average Bonchev–Trinajstić information content (AvgIpc) is 2.98. The molecule has 1 aromatic heterocycles. The van der Waals surface area contributed by atoms with Crippen molar-refractivity contribution in [3.63, 3.8) is 0 Å². The fourth-order valence-electron chi connectivity index (χ4n) is 3.24. The van der Waals surface area contributed by atoms with Crippen LogP contribution in [0.25, 0.3) is 0 Å². The lowest BCUT2D eigenvalue weighted by Gasteiger charge is -2.32. The first-order valence-electron chi connectivity index (χ1n) is 7.20. The van der Waals surface area contributed by atoms with Gasteiger partial charge in [-0.1, -0.05) is 31.2 Å². The second kappa shape index (κ2) is 5.89. The molecule has 2 unspecified atom stereocenters. The van der Waals surface area contributed by atoms with Gasteiger partial charge in [0.15, 0.2) is 0 Å². The highest BCUT2D eigenvalue weighted by atomic mass is 32.1. The molecular formula is C17H21NS. The molecule has 0 saturated heterocycles. The van der Waals surface area contributed by atoms with Gasteiger partial charge in [0.05, 0.1) is 0 Å². The van der Waals surface area contributed by atoms with Crippen LogP contribution in [0.15, 0.2) is 41.1 Å². The fraction of sp³-hybridized carbons (Fsp3) is 0.412. The van der Waals surface area contributed by atoms with Crippen molar-refractivity contribution in [2.45, 2.75) is 32.2 Å². The lowest BCUT2D eigenvalue weighted by Crippen LogP contribution is -2.31. The molecule has 0 spiro atoms. The summed E-state index contributed by atoms with van der Waals surface area (Å²) in [6, 6.07) is 11.7. The summed E-state index contributed by atoms with van der Waals surface area (Å²) in [5.74, 6) is 0.726. The first-order valence-corrected chi connectivity index (χ1v) is 8.15. The Morgan fingerprint density at radius 1 is 1.26 bits per heavy atom. The Balaban J connectivity index is 1.82. The highest BCUT2D eigenvalue weighted by molar-refractivity contribution is 7.07. The van der Waals surface area contributed by atoms with Crippen molar-refractivity contribution in [1.29, 1.82) is 0 Å². The van der Waals surface area contributed by atoms with Crippen LogP contribution in [0.4, 0.5) is 0 Å². The molecule has 19 heavy (non-hydrogen) atoms. The molecule has 2 heteroatoms. The minimum Gasteiger partial charge on any atom is -0.310 e. The Morgan fingerprint density at radius 2 is 2.11 bits per heavy atom. The van der Waals surface area contributed by atoms with Crippen molar-refractivity contribution in [1.82, 2.24) is 5.32 Å². The number of hydrogen-bond acceptors (Lipinski definition) is 2. The zero-order chi connectivity index (χ0) is 13.1. The van der Waals surface area contributed by atoms with Crippen LogP contribution in [0.5, 0.6) is 0 Å². The Morgan fingerprint density at radius 3 is 2.84 bits per heavy atom.